The summed E-state index contributed by atoms with van der Waals surface area (Å²) in [5.74, 6) is 2.22. The average Bonchev–Trinajstić information content (AvgIpc) is 3.30. The van der Waals surface area contributed by atoms with Gasteiger partial charge >= 0.3 is 0 Å². The number of carbonyl (C=O) groups is 1. The summed E-state index contributed by atoms with van der Waals surface area (Å²) in [7, 11) is 0. The molecule has 24 heavy (non-hydrogen) atoms. The molecular formula is C19H21NO3S. The Bertz CT molecular complexity index is 713. The molecule has 0 N–H and O–H groups in total. The summed E-state index contributed by atoms with van der Waals surface area (Å²) in [4.78, 5) is 14.9. The number of likely N-dealkylation sites (tertiary alicyclic amines) is 1. The van der Waals surface area contributed by atoms with Gasteiger partial charge in [0.15, 0.2) is 17.3 Å². The summed E-state index contributed by atoms with van der Waals surface area (Å²) >= 11 is 1.76. The number of hydrogen-bond donors (Lipinski definition) is 0. The van der Waals surface area contributed by atoms with Crippen molar-refractivity contribution >= 4 is 17.1 Å². The molecule has 126 valence electrons. The van der Waals surface area contributed by atoms with Gasteiger partial charge in [-0.3, -0.25) is 4.79 Å². The van der Waals surface area contributed by atoms with Crippen molar-refractivity contribution in [3.05, 3.63) is 46.2 Å². The Morgan fingerprint density at radius 2 is 2.08 bits per heavy atom. The SMILES string of the molecule is O=C(CCN1CCC(c2ccsc2)C1)c1ccc2c(c1)OCCO2. The van der Waals surface area contributed by atoms with Gasteiger partial charge in [0.2, 0.25) is 0 Å². The number of carbonyl (C=O) groups excluding carboxylic acids is 1. The molecule has 1 aromatic carbocycles. The largest absolute Gasteiger partial charge is 0.486 e. The van der Waals surface area contributed by atoms with Gasteiger partial charge in [0, 0.05) is 25.1 Å². The molecule has 2 aliphatic rings. The predicted octanol–water partition coefficient (Wildman–Crippen LogP) is 3.58. The van der Waals surface area contributed by atoms with Crippen LogP contribution in [0.5, 0.6) is 11.5 Å². The van der Waals surface area contributed by atoms with E-state index < -0.39 is 0 Å². The lowest BCUT2D eigenvalue weighted by Crippen LogP contribution is -2.23. The van der Waals surface area contributed by atoms with Crippen molar-refractivity contribution in [2.45, 2.75) is 18.8 Å². The van der Waals surface area contributed by atoms with Gasteiger partial charge < -0.3 is 14.4 Å². The van der Waals surface area contributed by atoms with Crippen LogP contribution in [-0.4, -0.2) is 43.5 Å². The molecular weight excluding hydrogens is 322 g/mol. The van der Waals surface area contributed by atoms with Gasteiger partial charge in [0.1, 0.15) is 13.2 Å². The van der Waals surface area contributed by atoms with Gasteiger partial charge in [0.05, 0.1) is 0 Å². The molecule has 1 aromatic heterocycles. The minimum Gasteiger partial charge on any atom is -0.486 e. The molecule has 0 radical (unpaired) electrons. The number of fused-ring (bicyclic) bond motifs is 1. The highest BCUT2D eigenvalue weighted by molar-refractivity contribution is 7.07. The van der Waals surface area contributed by atoms with Crippen LogP contribution in [0.1, 0.15) is 34.7 Å². The Kier molecular flexibility index (Phi) is 4.54. The lowest BCUT2D eigenvalue weighted by molar-refractivity contribution is 0.0967. The molecule has 1 fully saturated rings. The van der Waals surface area contributed by atoms with Crippen molar-refractivity contribution in [1.82, 2.24) is 4.90 Å². The predicted molar refractivity (Wildman–Crippen MR) is 94.5 cm³/mol. The average molecular weight is 343 g/mol. The van der Waals surface area contributed by atoms with Gasteiger partial charge in [-0.2, -0.15) is 11.3 Å². The number of rotatable bonds is 5. The number of thiophene rings is 1. The van der Waals surface area contributed by atoms with Crippen molar-refractivity contribution < 1.29 is 14.3 Å². The van der Waals surface area contributed by atoms with Gasteiger partial charge in [-0.1, -0.05) is 0 Å². The third-order valence-corrected chi connectivity index (χ3v) is 5.51. The van der Waals surface area contributed by atoms with Crippen molar-refractivity contribution in [3.63, 3.8) is 0 Å². The van der Waals surface area contributed by atoms with Gasteiger partial charge in [-0.25, -0.2) is 0 Å². The van der Waals surface area contributed by atoms with E-state index in [1.54, 1.807) is 11.3 Å². The van der Waals surface area contributed by atoms with E-state index in [-0.39, 0.29) is 5.78 Å². The van der Waals surface area contributed by atoms with Gasteiger partial charge in [-0.05, 0) is 59.5 Å². The van der Waals surface area contributed by atoms with Crippen LogP contribution in [0, 0.1) is 0 Å². The Labute approximate surface area is 146 Å². The first-order valence-electron chi connectivity index (χ1n) is 8.47. The molecule has 0 saturated carbocycles. The zero-order valence-corrected chi connectivity index (χ0v) is 14.4. The van der Waals surface area contributed by atoms with Crippen LogP contribution in [0.2, 0.25) is 0 Å². The summed E-state index contributed by atoms with van der Waals surface area (Å²) in [5.41, 5.74) is 2.16. The highest BCUT2D eigenvalue weighted by atomic mass is 32.1. The van der Waals surface area contributed by atoms with E-state index in [0.29, 0.717) is 36.9 Å². The Balaban J connectivity index is 1.32. The topological polar surface area (TPSA) is 38.8 Å². The van der Waals surface area contributed by atoms with E-state index in [1.165, 1.54) is 12.0 Å². The van der Waals surface area contributed by atoms with Crippen molar-refractivity contribution in [2.75, 3.05) is 32.8 Å². The number of ether oxygens (including phenoxy) is 2. The number of nitrogens with zero attached hydrogens (tertiary/aromatic N) is 1. The molecule has 4 rings (SSSR count). The lowest BCUT2D eigenvalue weighted by atomic mass is 10.0. The first kappa shape index (κ1) is 15.7. The van der Waals surface area contributed by atoms with E-state index in [0.717, 1.165) is 25.4 Å². The van der Waals surface area contributed by atoms with Gasteiger partial charge in [0.25, 0.3) is 0 Å². The quantitative estimate of drug-likeness (QED) is 0.778. The van der Waals surface area contributed by atoms with Crippen LogP contribution in [0.3, 0.4) is 0 Å². The highest BCUT2D eigenvalue weighted by Crippen LogP contribution is 2.31. The van der Waals surface area contributed by atoms with Crippen LogP contribution in [-0.2, 0) is 0 Å². The Hall–Kier alpha value is -1.85. The maximum absolute atomic E-state index is 12.5. The standard InChI is InChI=1S/C19H21NO3S/c21-17(14-1-2-18-19(11-14)23-9-8-22-18)4-7-20-6-3-15(12-20)16-5-10-24-13-16/h1-2,5,10-11,13,15H,3-4,6-9,12H2. The third-order valence-electron chi connectivity index (χ3n) is 4.81. The summed E-state index contributed by atoms with van der Waals surface area (Å²) in [6.07, 6.45) is 1.74. The second kappa shape index (κ2) is 6.95. The zero-order chi connectivity index (χ0) is 16.4. The number of Topliss-reactive ketones (excluding diaryl/α,β-unsaturated/α-hetero) is 1. The van der Waals surface area contributed by atoms with Crippen LogP contribution < -0.4 is 9.47 Å². The molecule has 0 aliphatic carbocycles. The Morgan fingerprint density at radius 3 is 2.92 bits per heavy atom. The van der Waals surface area contributed by atoms with Crippen molar-refractivity contribution in [2.24, 2.45) is 0 Å². The Morgan fingerprint density at radius 1 is 1.21 bits per heavy atom. The van der Waals surface area contributed by atoms with Crippen LogP contribution >= 0.6 is 11.3 Å². The van der Waals surface area contributed by atoms with Crippen molar-refractivity contribution in [3.8, 4) is 11.5 Å². The summed E-state index contributed by atoms with van der Waals surface area (Å²) < 4.78 is 11.1. The fourth-order valence-electron chi connectivity index (χ4n) is 3.44. The fraction of sp³-hybridized carbons (Fsp3) is 0.421. The van der Waals surface area contributed by atoms with E-state index in [4.69, 9.17) is 9.47 Å². The zero-order valence-electron chi connectivity index (χ0n) is 13.6. The minimum absolute atomic E-state index is 0.172. The molecule has 5 heteroatoms. The molecule has 0 bridgehead atoms. The van der Waals surface area contributed by atoms with E-state index >= 15 is 0 Å². The number of ketones is 1. The monoisotopic (exact) mass is 343 g/mol. The third kappa shape index (κ3) is 3.32. The molecule has 1 atom stereocenters. The molecule has 0 amide bonds. The number of hydrogen-bond acceptors (Lipinski definition) is 5. The first-order chi connectivity index (χ1) is 11.8. The maximum atomic E-state index is 12.5. The number of benzene rings is 1. The fourth-order valence-corrected chi connectivity index (χ4v) is 4.18. The summed E-state index contributed by atoms with van der Waals surface area (Å²) in [5, 5.41) is 4.39. The molecule has 4 nitrogen and oxygen atoms in total. The molecule has 2 aromatic rings. The van der Waals surface area contributed by atoms with E-state index in [1.807, 2.05) is 18.2 Å². The second-order valence-corrected chi connectivity index (χ2v) is 7.15. The second-order valence-electron chi connectivity index (χ2n) is 6.37. The minimum atomic E-state index is 0.172. The van der Waals surface area contributed by atoms with E-state index in [2.05, 4.69) is 21.7 Å². The summed E-state index contributed by atoms with van der Waals surface area (Å²) in [6, 6.07) is 7.71. The van der Waals surface area contributed by atoms with Crippen LogP contribution in [0.4, 0.5) is 0 Å². The molecule has 3 heterocycles. The molecule has 0 spiro atoms. The van der Waals surface area contributed by atoms with Crippen LogP contribution in [0.25, 0.3) is 0 Å². The summed E-state index contributed by atoms with van der Waals surface area (Å²) in [6.45, 7) is 4.08. The van der Waals surface area contributed by atoms with Crippen molar-refractivity contribution in [1.29, 1.82) is 0 Å². The maximum Gasteiger partial charge on any atom is 0.164 e. The smallest absolute Gasteiger partial charge is 0.164 e. The highest BCUT2D eigenvalue weighted by Gasteiger charge is 2.24. The van der Waals surface area contributed by atoms with Gasteiger partial charge in [-0.15, -0.1) is 0 Å². The molecule has 1 unspecified atom stereocenters. The molecule has 1 saturated heterocycles. The first-order valence-corrected chi connectivity index (χ1v) is 9.41. The van der Waals surface area contributed by atoms with E-state index in [9.17, 15) is 4.79 Å². The molecule has 2 aliphatic heterocycles. The van der Waals surface area contributed by atoms with Crippen LogP contribution in [0.15, 0.2) is 35.0 Å². The lowest BCUT2D eigenvalue weighted by Gasteiger charge is -2.19. The normalized spacial score (nSPS) is 20.2.